The number of nitro benzene ring substituents is 1. The van der Waals surface area contributed by atoms with Crippen LogP contribution >= 0.6 is 12.6 Å². The molecule has 18 heavy (non-hydrogen) atoms. The molecule has 0 bridgehead atoms. The van der Waals surface area contributed by atoms with Gasteiger partial charge in [0.05, 0.1) is 24.7 Å². The molecule has 0 spiro atoms. The Morgan fingerprint density at radius 1 is 1.33 bits per heavy atom. The van der Waals surface area contributed by atoms with Gasteiger partial charge in [0.25, 0.3) is 0 Å². The van der Waals surface area contributed by atoms with Crippen molar-refractivity contribution in [2.24, 2.45) is 0 Å². The van der Waals surface area contributed by atoms with Gasteiger partial charge < -0.3 is 9.47 Å². The van der Waals surface area contributed by atoms with Gasteiger partial charge >= 0.3 is 5.69 Å². The van der Waals surface area contributed by atoms with Gasteiger partial charge in [0.1, 0.15) is 5.75 Å². The van der Waals surface area contributed by atoms with Gasteiger partial charge in [-0.15, -0.1) is 0 Å². The molecule has 0 fully saturated rings. The molecule has 0 saturated carbocycles. The van der Waals surface area contributed by atoms with Crippen molar-refractivity contribution in [3.8, 4) is 11.5 Å². The van der Waals surface area contributed by atoms with Crippen molar-refractivity contribution in [2.45, 2.75) is 19.3 Å². The van der Waals surface area contributed by atoms with E-state index in [2.05, 4.69) is 12.6 Å². The number of hydrogen-bond acceptors (Lipinski definition) is 5. The molecule has 0 saturated heterocycles. The number of methoxy groups -OCH3 is 1. The summed E-state index contributed by atoms with van der Waals surface area (Å²) < 4.78 is 10.4. The van der Waals surface area contributed by atoms with Crippen LogP contribution in [-0.2, 0) is 0 Å². The normalized spacial score (nSPS) is 10.1. The van der Waals surface area contributed by atoms with Gasteiger partial charge in [0, 0.05) is 0 Å². The fourth-order valence-corrected chi connectivity index (χ4v) is 1.71. The summed E-state index contributed by atoms with van der Waals surface area (Å²) in [4.78, 5) is 10.3. The molecule has 5 nitrogen and oxygen atoms in total. The smallest absolute Gasteiger partial charge is 0.314 e. The highest BCUT2D eigenvalue weighted by Crippen LogP contribution is 2.30. The minimum atomic E-state index is -0.480. The maximum absolute atomic E-state index is 10.8. The lowest BCUT2D eigenvalue weighted by Gasteiger charge is -2.07. The van der Waals surface area contributed by atoms with Crippen LogP contribution < -0.4 is 9.47 Å². The Labute approximate surface area is 112 Å². The second-order valence-corrected chi connectivity index (χ2v) is 4.17. The number of rotatable bonds is 8. The highest BCUT2D eigenvalue weighted by Gasteiger charge is 2.15. The molecule has 1 aromatic rings. The first-order valence-electron chi connectivity index (χ1n) is 5.75. The van der Waals surface area contributed by atoms with Crippen LogP contribution in [0, 0.1) is 10.1 Å². The Morgan fingerprint density at radius 2 is 2.11 bits per heavy atom. The van der Waals surface area contributed by atoms with Gasteiger partial charge in [0.2, 0.25) is 0 Å². The first-order chi connectivity index (χ1) is 8.69. The van der Waals surface area contributed by atoms with E-state index < -0.39 is 4.92 Å². The van der Waals surface area contributed by atoms with Crippen molar-refractivity contribution in [1.82, 2.24) is 0 Å². The Kier molecular flexibility index (Phi) is 6.35. The first-order valence-corrected chi connectivity index (χ1v) is 6.38. The lowest BCUT2D eigenvalue weighted by atomic mass is 10.2. The van der Waals surface area contributed by atoms with Crippen molar-refractivity contribution in [1.29, 1.82) is 0 Å². The number of ether oxygens (including phenoxy) is 2. The second kappa shape index (κ2) is 7.81. The number of unbranched alkanes of at least 4 members (excludes halogenated alkanes) is 2. The zero-order valence-corrected chi connectivity index (χ0v) is 11.2. The molecule has 0 aromatic heterocycles. The average Bonchev–Trinajstić information content (AvgIpc) is 2.38. The van der Waals surface area contributed by atoms with Crippen LogP contribution in [0.5, 0.6) is 11.5 Å². The molecule has 0 radical (unpaired) electrons. The van der Waals surface area contributed by atoms with E-state index in [9.17, 15) is 10.1 Å². The van der Waals surface area contributed by atoms with Crippen LogP contribution in [0.1, 0.15) is 19.3 Å². The summed E-state index contributed by atoms with van der Waals surface area (Å²) in [5.74, 6) is 1.60. The Morgan fingerprint density at radius 3 is 2.72 bits per heavy atom. The van der Waals surface area contributed by atoms with Gasteiger partial charge in [-0.25, -0.2) is 0 Å². The van der Waals surface area contributed by atoms with Gasteiger partial charge in [-0.3, -0.25) is 10.1 Å². The lowest BCUT2D eigenvalue weighted by Crippen LogP contribution is -1.99. The zero-order chi connectivity index (χ0) is 13.4. The third-order valence-corrected chi connectivity index (χ3v) is 2.73. The largest absolute Gasteiger partial charge is 0.493 e. The third-order valence-electron chi connectivity index (χ3n) is 2.42. The summed E-state index contributed by atoms with van der Waals surface area (Å²) in [6.45, 7) is 0.553. The number of benzene rings is 1. The maximum Gasteiger partial charge on any atom is 0.314 e. The lowest BCUT2D eigenvalue weighted by molar-refractivity contribution is -0.385. The van der Waals surface area contributed by atoms with E-state index in [1.54, 1.807) is 12.1 Å². The Balaban J connectivity index is 2.56. The van der Waals surface area contributed by atoms with Crippen LogP contribution in [0.15, 0.2) is 18.2 Å². The predicted octanol–water partition coefficient (Wildman–Crippen LogP) is 3.08. The summed E-state index contributed by atoms with van der Waals surface area (Å²) >= 11 is 4.12. The molecule has 0 aliphatic heterocycles. The minimum Gasteiger partial charge on any atom is -0.493 e. The Bertz CT molecular complexity index is 398. The first kappa shape index (κ1) is 14.6. The van der Waals surface area contributed by atoms with Crippen molar-refractivity contribution in [3.05, 3.63) is 28.3 Å². The standard InChI is InChI=1S/C12H17NO4S/c1-16-12-6-5-10(9-11(12)13(14)15)17-7-3-2-4-8-18/h5-6,9,18H,2-4,7-8H2,1H3. The molecule has 0 N–H and O–H groups in total. The van der Waals surface area contributed by atoms with E-state index in [1.807, 2.05) is 0 Å². The van der Waals surface area contributed by atoms with E-state index in [0.29, 0.717) is 12.4 Å². The number of thiol groups is 1. The molecule has 0 unspecified atom stereocenters. The highest BCUT2D eigenvalue weighted by atomic mass is 32.1. The van der Waals surface area contributed by atoms with Crippen LogP contribution in [0.3, 0.4) is 0 Å². The monoisotopic (exact) mass is 271 g/mol. The van der Waals surface area contributed by atoms with E-state index in [1.165, 1.54) is 13.2 Å². The number of hydrogen-bond donors (Lipinski definition) is 1. The topological polar surface area (TPSA) is 61.6 Å². The highest BCUT2D eigenvalue weighted by molar-refractivity contribution is 7.80. The molecule has 6 heteroatoms. The fraction of sp³-hybridized carbons (Fsp3) is 0.500. The van der Waals surface area contributed by atoms with Gasteiger partial charge in [0.15, 0.2) is 5.75 Å². The molecule has 0 heterocycles. The minimum absolute atomic E-state index is 0.0784. The Hall–Kier alpha value is -1.43. The van der Waals surface area contributed by atoms with Gasteiger partial charge in [-0.2, -0.15) is 12.6 Å². The molecule has 0 aliphatic rings. The van der Waals surface area contributed by atoms with Crippen LogP contribution in [0.25, 0.3) is 0 Å². The summed E-state index contributed by atoms with van der Waals surface area (Å²) in [6.07, 6.45) is 3.01. The molecule has 0 atom stereocenters. The van der Waals surface area contributed by atoms with Crippen LogP contribution in [0.4, 0.5) is 5.69 Å². The number of nitrogens with zero attached hydrogens (tertiary/aromatic N) is 1. The third kappa shape index (κ3) is 4.44. The van der Waals surface area contributed by atoms with Crippen LogP contribution in [0.2, 0.25) is 0 Å². The van der Waals surface area contributed by atoms with E-state index in [0.717, 1.165) is 25.0 Å². The molecular weight excluding hydrogens is 254 g/mol. The summed E-state index contributed by atoms with van der Waals surface area (Å²) in [7, 11) is 1.40. The zero-order valence-electron chi connectivity index (χ0n) is 10.3. The molecular formula is C12H17NO4S. The quantitative estimate of drug-likeness (QED) is 0.341. The van der Waals surface area contributed by atoms with Crippen LogP contribution in [-0.4, -0.2) is 24.4 Å². The summed E-state index contributed by atoms with van der Waals surface area (Å²) in [6, 6.07) is 4.60. The second-order valence-electron chi connectivity index (χ2n) is 3.72. The number of nitro groups is 1. The van der Waals surface area contributed by atoms with Crippen molar-refractivity contribution < 1.29 is 14.4 Å². The van der Waals surface area contributed by atoms with Gasteiger partial charge in [-0.1, -0.05) is 0 Å². The van der Waals surface area contributed by atoms with Crippen molar-refractivity contribution in [2.75, 3.05) is 19.5 Å². The van der Waals surface area contributed by atoms with Crippen molar-refractivity contribution >= 4 is 18.3 Å². The fourth-order valence-electron chi connectivity index (χ4n) is 1.48. The summed E-state index contributed by atoms with van der Waals surface area (Å²) in [5.41, 5.74) is -0.0784. The molecule has 100 valence electrons. The molecule has 0 amide bonds. The van der Waals surface area contributed by atoms with E-state index in [-0.39, 0.29) is 11.4 Å². The van der Waals surface area contributed by atoms with E-state index in [4.69, 9.17) is 9.47 Å². The van der Waals surface area contributed by atoms with Crippen molar-refractivity contribution in [3.63, 3.8) is 0 Å². The average molecular weight is 271 g/mol. The maximum atomic E-state index is 10.8. The van der Waals surface area contributed by atoms with Gasteiger partial charge in [-0.05, 0) is 37.1 Å². The van der Waals surface area contributed by atoms with E-state index >= 15 is 0 Å². The predicted molar refractivity (Wildman–Crippen MR) is 72.8 cm³/mol. The SMILES string of the molecule is COc1ccc(OCCCCCS)cc1[N+](=O)[O-]. The molecule has 0 aliphatic carbocycles. The summed E-state index contributed by atoms with van der Waals surface area (Å²) in [5, 5.41) is 10.8. The molecule has 1 rings (SSSR count). The molecule has 1 aromatic carbocycles.